The second-order valence-corrected chi connectivity index (χ2v) is 7.94. The molecule has 0 aliphatic carbocycles. The lowest BCUT2D eigenvalue weighted by atomic mass is 9.91. The Kier molecular flexibility index (Phi) is 5.14. The lowest BCUT2D eigenvalue weighted by molar-refractivity contribution is -0.142. The van der Waals surface area contributed by atoms with Crippen LogP contribution in [-0.2, 0) is 34.7 Å². The number of sulfonamides is 1. The van der Waals surface area contributed by atoms with Gasteiger partial charge in [0.1, 0.15) is 11.6 Å². The molecule has 0 bridgehead atoms. The van der Waals surface area contributed by atoms with Gasteiger partial charge in [0.2, 0.25) is 11.4 Å². The van der Waals surface area contributed by atoms with Gasteiger partial charge in [-0.1, -0.05) is 18.2 Å². The number of carbonyl (C=O) groups is 2. The zero-order chi connectivity index (χ0) is 21.4. The summed E-state index contributed by atoms with van der Waals surface area (Å²) in [6, 6.07) is 9.61. The topological polar surface area (TPSA) is 98.8 Å². The molecule has 2 aromatic rings. The molecule has 0 aromatic heterocycles. The Labute approximate surface area is 165 Å². The second-order valence-electron chi connectivity index (χ2n) is 6.26. The van der Waals surface area contributed by atoms with Gasteiger partial charge in [0.25, 0.3) is 21.7 Å². The summed E-state index contributed by atoms with van der Waals surface area (Å²) in [5, 5.41) is 0. The van der Waals surface area contributed by atoms with E-state index in [4.69, 9.17) is 9.47 Å². The average molecular weight is 423 g/mol. The van der Waals surface area contributed by atoms with Crippen molar-refractivity contribution in [1.29, 1.82) is 0 Å². The summed E-state index contributed by atoms with van der Waals surface area (Å²) in [5.74, 6) is -5.31. The van der Waals surface area contributed by atoms with E-state index in [-0.39, 0.29) is 10.5 Å². The van der Waals surface area contributed by atoms with Gasteiger partial charge in [0, 0.05) is 18.6 Å². The molecule has 0 saturated carbocycles. The summed E-state index contributed by atoms with van der Waals surface area (Å²) < 4.78 is 65.1. The van der Waals surface area contributed by atoms with Crippen LogP contribution in [0.2, 0.25) is 0 Å². The maximum absolute atomic E-state index is 14.3. The average Bonchev–Trinajstić information content (AvgIpc) is 2.86. The Bertz CT molecular complexity index is 1130. The van der Waals surface area contributed by atoms with E-state index >= 15 is 0 Å². The molecule has 1 aliphatic heterocycles. The lowest BCUT2D eigenvalue weighted by Crippen LogP contribution is -2.33. The molecule has 0 radical (unpaired) electrons. The highest BCUT2D eigenvalue weighted by Crippen LogP contribution is 2.40. The van der Waals surface area contributed by atoms with Crippen molar-refractivity contribution < 1.29 is 36.3 Å². The first kappa shape index (κ1) is 20.5. The van der Waals surface area contributed by atoms with Crippen molar-refractivity contribution in [3.63, 3.8) is 0 Å². The smallest absolute Gasteiger partial charge is 0.308 e. The fourth-order valence-corrected chi connectivity index (χ4v) is 3.77. The van der Waals surface area contributed by atoms with Crippen molar-refractivity contribution in [2.24, 2.45) is 0 Å². The summed E-state index contributed by atoms with van der Waals surface area (Å²) in [6.07, 6.45) is 0. The molecule has 1 unspecified atom stereocenters. The normalized spacial score (nSPS) is 19.1. The number of ether oxygens (including phenoxy) is 2. The van der Waals surface area contributed by atoms with Gasteiger partial charge < -0.3 is 9.47 Å². The van der Waals surface area contributed by atoms with Crippen molar-refractivity contribution in [3.8, 4) is 0 Å². The van der Waals surface area contributed by atoms with E-state index in [0.717, 1.165) is 26.0 Å². The van der Waals surface area contributed by atoms with Crippen molar-refractivity contribution in [3.05, 3.63) is 77.4 Å². The summed E-state index contributed by atoms with van der Waals surface area (Å²) >= 11 is 0. The maximum Gasteiger partial charge on any atom is 0.308 e. The maximum atomic E-state index is 14.3. The Morgan fingerprint density at radius 1 is 1.14 bits per heavy atom. The minimum Gasteiger partial charge on any atom is -0.456 e. The van der Waals surface area contributed by atoms with Crippen LogP contribution < -0.4 is 4.72 Å². The van der Waals surface area contributed by atoms with Crippen molar-refractivity contribution in [2.75, 3.05) is 0 Å². The number of benzene rings is 2. The minimum atomic E-state index is -4.22. The van der Waals surface area contributed by atoms with Crippen LogP contribution in [0.1, 0.15) is 19.4 Å². The van der Waals surface area contributed by atoms with E-state index in [9.17, 15) is 26.8 Å². The number of hydrogen-bond donors (Lipinski definition) is 1. The largest absolute Gasteiger partial charge is 0.456 e. The van der Waals surface area contributed by atoms with Crippen LogP contribution in [0.3, 0.4) is 0 Å². The van der Waals surface area contributed by atoms with Crippen LogP contribution in [0.25, 0.3) is 0 Å². The molecule has 3 rings (SSSR count). The quantitative estimate of drug-likeness (QED) is 0.742. The molecule has 1 heterocycles. The molecule has 7 nitrogen and oxygen atoms in total. The molecular formula is C19H15F2NO6S. The van der Waals surface area contributed by atoms with Crippen molar-refractivity contribution in [1.82, 2.24) is 4.72 Å². The first-order chi connectivity index (χ1) is 13.5. The van der Waals surface area contributed by atoms with Gasteiger partial charge in [-0.3, -0.25) is 9.59 Å². The third kappa shape index (κ3) is 3.83. The monoisotopic (exact) mass is 423 g/mol. The molecular weight excluding hydrogens is 408 g/mol. The summed E-state index contributed by atoms with van der Waals surface area (Å²) in [4.78, 5) is 24.2. The third-order valence-corrected chi connectivity index (χ3v) is 5.47. The standard InChI is InChI=1S/C19H15F2NO6S/c1-11(23)27-16-17(24)19(2,14-9-8-12(20)10-15(14)21)28-18(16)22-29(25,26)13-6-4-3-5-7-13/h3-10,22H,1-2H3. The summed E-state index contributed by atoms with van der Waals surface area (Å²) in [5.41, 5.74) is -2.45. The fourth-order valence-electron chi connectivity index (χ4n) is 2.75. The van der Waals surface area contributed by atoms with Gasteiger partial charge in [0.05, 0.1) is 4.90 Å². The predicted molar refractivity (Wildman–Crippen MR) is 95.4 cm³/mol. The number of halogens is 2. The van der Waals surface area contributed by atoms with Crippen molar-refractivity contribution >= 4 is 21.8 Å². The van der Waals surface area contributed by atoms with Gasteiger partial charge in [-0.15, -0.1) is 0 Å². The lowest BCUT2D eigenvalue weighted by Gasteiger charge is -2.24. The van der Waals surface area contributed by atoms with E-state index in [1.54, 1.807) is 6.07 Å². The predicted octanol–water partition coefficient (Wildman–Crippen LogP) is 2.49. The molecule has 152 valence electrons. The van der Waals surface area contributed by atoms with Crippen LogP contribution in [0, 0.1) is 11.6 Å². The number of ketones is 1. The molecule has 29 heavy (non-hydrogen) atoms. The van der Waals surface area contributed by atoms with E-state index in [1.807, 2.05) is 4.72 Å². The van der Waals surface area contributed by atoms with E-state index in [1.165, 1.54) is 24.3 Å². The zero-order valence-corrected chi connectivity index (χ0v) is 16.0. The number of esters is 1. The molecule has 0 fully saturated rings. The molecule has 0 saturated heterocycles. The summed E-state index contributed by atoms with van der Waals surface area (Å²) in [7, 11) is -4.22. The van der Waals surface area contributed by atoms with Crippen LogP contribution in [0.5, 0.6) is 0 Å². The Morgan fingerprint density at radius 2 is 1.79 bits per heavy atom. The molecule has 0 amide bonds. The minimum absolute atomic E-state index is 0.146. The number of Topliss-reactive ketones (excluding diaryl/α,β-unsaturated/α-hetero) is 1. The molecule has 2 aromatic carbocycles. The molecule has 1 N–H and O–H groups in total. The number of rotatable bonds is 5. The van der Waals surface area contributed by atoms with Gasteiger partial charge in [0.15, 0.2) is 0 Å². The number of hydrogen-bond acceptors (Lipinski definition) is 6. The Balaban J connectivity index is 2.05. The molecule has 1 aliphatic rings. The van der Waals surface area contributed by atoms with E-state index < -0.39 is 50.7 Å². The van der Waals surface area contributed by atoms with Crippen LogP contribution in [0.15, 0.2) is 65.1 Å². The van der Waals surface area contributed by atoms with Gasteiger partial charge in [-0.2, -0.15) is 0 Å². The fraction of sp³-hybridized carbons (Fsp3) is 0.158. The first-order valence-electron chi connectivity index (χ1n) is 8.24. The van der Waals surface area contributed by atoms with Crippen LogP contribution in [0.4, 0.5) is 8.78 Å². The van der Waals surface area contributed by atoms with E-state index in [2.05, 4.69) is 0 Å². The molecule has 10 heteroatoms. The number of carbonyl (C=O) groups excluding carboxylic acids is 2. The first-order valence-corrected chi connectivity index (χ1v) is 9.73. The van der Waals surface area contributed by atoms with E-state index in [0.29, 0.717) is 6.07 Å². The van der Waals surface area contributed by atoms with Crippen molar-refractivity contribution in [2.45, 2.75) is 24.3 Å². The molecule has 0 spiro atoms. The number of nitrogens with one attached hydrogen (secondary N) is 1. The van der Waals surface area contributed by atoms with Gasteiger partial charge >= 0.3 is 5.97 Å². The van der Waals surface area contributed by atoms with Gasteiger partial charge in [-0.05, 0) is 31.2 Å². The van der Waals surface area contributed by atoms with Gasteiger partial charge in [-0.25, -0.2) is 21.9 Å². The summed E-state index contributed by atoms with van der Waals surface area (Å²) in [6.45, 7) is 2.15. The zero-order valence-electron chi connectivity index (χ0n) is 15.2. The third-order valence-electron chi connectivity index (χ3n) is 4.12. The highest BCUT2D eigenvalue weighted by atomic mass is 32.2. The Morgan fingerprint density at radius 3 is 2.38 bits per heavy atom. The highest BCUT2D eigenvalue weighted by molar-refractivity contribution is 7.89. The second kappa shape index (κ2) is 7.28. The van der Waals surface area contributed by atoms with Crippen LogP contribution >= 0.6 is 0 Å². The SMILES string of the molecule is CC(=O)OC1=C(NS(=O)(=O)c2ccccc2)OC(C)(c2ccc(F)cc2F)C1=O. The van der Waals surface area contributed by atoms with Crippen LogP contribution in [-0.4, -0.2) is 20.2 Å². The molecule has 1 atom stereocenters. The Hall–Kier alpha value is -3.27. The highest BCUT2D eigenvalue weighted by Gasteiger charge is 2.51.